The highest BCUT2D eigenvalue weighted by Crippen LogP contribution is 2.22. The first-order valence-electron chi connectivity index (χ1n) is 6.94. The molecule has 1 saturated heterocycles. The van der Waals surface area contributed by atoms with Crippen LogP contribution in [-0.2, 0) is 9.53 Å². The minimum Gasteiger partial charge on any atom is -0.444 e. The number of halogens is 3. The summed E-state index contributed by atoms with van der Waals surface area (Å²) >= 11 is 0. The number of ether oxygens (including phenoxy) is 1. The summed E-state index contributed by atoms with van der Waals surface area (Å²) in [5.74, 6) is -2.01. The van der Waals surface area contributed by atoms with Crippen LogP contribution in [0.4, 0.5) is 18.0 Å². The van der Waals surface area contributed by atoms with Crippen LogP contribution in [0.2, 0.25) is 0 Å². The maximum Gasteiger partial charge on any atom is 0.471 e. The Labute approximate surface area is 127 Å². The zero-order valence-electron chi connectivity index (χ0n) is 12.9. The molecule has 3 N–H and O–H groups in total. The Morgan fingerprint density at radius 3 is 2.14 bits per heavy atom. The van der Waals surface area contributed by atoms with E-state index in [1.807, 2.05) is 0 Å². The van der Waals surface area contributed by atoms with Crippen LogP contribution >= 0.6 is 0 Å². The molecule has 1 heterocycles. The van der Waals surface area contributed by atoms with Crippen molar-refractivity contribution in [3.05, 3.63) is 0 Å². The van der Waals surface area contributed by atoms with Crippen molar-refractivity contribution in [1.29, 1.82) is 0 Å². The molecule has 1 fully saturated rings. The number of nitrogens with one attached hydrogen (secondary N) is 1. The molecule has 1 rings (SSSR count). The second kappa shape index (κ2) is 6.31. The number of carbonyl (C=O) groups excluding carboxylic acids is 2. The van der Waals surface area contributed by atoms with Crippen molar-refractivity contribution in [2.45, 2.75) is 50.9 Å². The number of nitrogens with zero attached hydrogens (tertiary/aromatic N) is 1. The fourth-order valence-corrected chi connectivity index (χ4v) is 1.99. The molecule has 0 bridgehead atoms. The minimum atomic E-state index is -4.92. The van der Waals surface area contributed by atoms with Crippen molar-refractivity contribution in [1.82, 2.24) is 10.2 Å². The molecular weight excluding hydrogens is 303 g/mol. The van der Waals surface area contributed by atoms with Gasteiger partial charge in [-0.15, -0.1) is 0 Å². The van der Waals surface area contributed by atoms with E-state index in [0.717, 1.165) is 0 Å². The number of nitrogens with two attached hydrogens (primary N) is 1. The molecule has 0 unspecified atom stereocenters. The predicted molar refractivity (Wildman–Crippen MR) is 73.0 cm³/mol. The fraction of sp³-hybridized carbons (Fsp3) is 0.846. The molecule has 1 aliphatic rings. The van der Waals surface area contributed by atoms with Crippen molar-refractivity contribution >= 4 is 12.0 Å². The number of amides is 2. The molecular formula is C13H22F3N3O3. The summed E-state index contributed by atoms with van der Waals surface area (Å²) in [4.78, 5) is 24.1. The number of alkyl halides is 3. The van der Waals surface area contributed by atoms with Gasteiger partial charge in [-0.1, -0.05) is 0 Å². The van der Waals surface area contributed by atoms with Gasteiger partial charge in [0.2, 0.25) is 0 Å². The molecule has 0 aromatic carbocycles. The van der Waals surface area contributed by atoms with E-state index in [0.29, 0.717) is 0 Å². The lowest BCUT2D eigenvalue weighted by atomic mass is 9.88. The zero-order chi connectivity index (χ0) is 17.2. The monoisotopic (exact) mass is 325 g/mol. The van der Waals surface area contributed by atoms with Crippen molar-refractivity contribution < 1.29 is 27.5 Å². The van der Waals surface area contributed by atoms with E-state index in [4.69, 9.17) is 10.5 Å². The van der Waals surface area contributed by atoms with E-state index < -0.39 is 29.3 Å². The molecule has 0 radical (unpaired) electrons. The molecule has 0 spiro atoms. The first-order chi connectivity index (χ1) is 9.82. The van der Waals surface area contributed by atoms with E-state index in [1.54, 1.807) is 26.1 Å². The number of hydrogen-bond acceptors (Lipinski definition) is 4. The van der Waals surface area contributed by atoms with Gasteiger partial charge in [-0.3, -0.25) is 4.79 Å². The summed E-state index contributed by atoms with van der Waals surface area (Å²) < 4.78 is 41.6. The van der Waals surface area contributed by atoms with Gasteiger partial charge in [0.25, 0.3) is 0 Å². The summed E-state index contributed by atoms with van der Waals surface area (Å²) in [6.45, 7) is 5.49. The molecule has 6 nitrogen and oxygen atoms in total. The lowest BCUT2D eigenvalue weighted by Crippen LogP contribution is -2.58. The Bertz CT molecular complexity index is 424. The number of hydrogen-bond donors (Lipinski definition) is 2. The maximum absolute atomic E-state index is 12.1. The number of likely N-dealkylation sites (tertiary alicyclic amines) is 1. The van der Waals surface area contributed by atoms with Gasteiger partial charge in [0.1, 0.15) is 5.60 Å². The smallest absolute Gasteiger partial charge is 0.444 e. The van der Waals surface area contributed by atoms with Crippen LogP contribution in [0.5, 0.6) is 0 Å². The van der Waals surface area contributed by atoms with Crippen LogP contribution in [0.25, 0.3) is 0 Å². The summed E-state index contributed by atoms with van der Waals surface area (Å²) in [6, 6.07) is 0. The topological polar surface area (TPSA) is 84.7 Å². The Kier molecular flexibility index (Phi) is 5.32. The SMILES string of the molecule is CC(C)(C)OC(=O)N1CCC(N)(CNC(=O)C(F)(F)F)CC1. The zero-order valence-corrected chi connectivity index (χ0v) is 12.9. The Morgan fingerprint density at radius 2 is 1.73 bits per heavy atom. The predicted octanol–water partition coefficient (Wildman–Crippen LogP) is 1.39. The minimum absolute atomic E-state index is 0.271. The van der Waals surface area contributed by atoms with Crippen LogP contribution in [-0.4, -0.2) is 53.9 Å². The standard InChI is InChI=1S/C13H22F3N3O3/c1-11(2,3)22-10(21)19-6-4-12(17,5-7-19)8-18-9(20)13(14,15)16/h4-8,17H2,1-3H3,(H,18,20). The lowest BCUT2D eigenvalue weighted by molar-refractivity contribution is -0.173. The van der Waals surface area contributed by atoms with Crippen molar-refractivity contribution in [2.24, 2.45) is 5.73 Å². The van der Waals surface area contributed by atoms with Crippen LogP contribution < -0.4 is 11.1 Å². The van der Waals surface area contributed by atoms with E-state index >= 15 is 0 Å². The van der Waals surface area contributed by atoms with Gasteiger partial charge in [0, 0.05) is 25.2 Å². The first-order valence-corrected chi connectivity index (χ1v) is 6.94. The third-order valence-corrected chi connectivity index (χ3v) is 3.27. The van der Waals surface area contributed by atoms with Gasteiger partial charge in [-0.25, -0.2) is 4.79 Å². The number of carbonyl (C=O) groups is 2. The summed E-state index contributed by atoms with van der Waals surface area (Å²) in [6.07, 6.45) is -4.84. The molecule has 2 amide bonds. The quantitative estimate of drug-likeness (QED) is 0.803. The molecule has 9 heteroatoms. The van der Waals surface area contributed by atoms with Gasteiger partial charge in [-0.2, -0.15) is 13.2 Å². The Balaban J connectivity index is 2.47. The first kappa shape index (κ1) is 18.5. The number of piperidine rings is 1. The maximum atomic E-state index is 12.1. The van der Waals surface area contributed by atoms with Crippen molar-refractivity contribution in [3.8, 4) is 0 Å². The molecule has 1 aliphatic heterocycles. The van der Waals surface area contributed by atoms with Crippen LogP contribution in [0.1, 0.15) is 33.6 Å². The highest BCUT2D eigenvalue weighted by Gasteiger charge is 2.41. The molecule has 22 heavy (non-hydrogen) atoms. The second-order valence-electron chi connectivity index (χ2n) is 6.51. The number of rotatable bonds is 2. The third-order valence-electron chi connectivity index (χ3n) is 3.27. The summed E-state index contributed by atoms with van der Waals surface area (Å²) in [5, 5.41) is 1.79. The highest BCUT2D eigenvalue weighted by atomic mass is 19.4. The van der Waals surface area contributed by atoms with Crippen LogP contribution in [0.15, 0.2) is 0 Å². The lowest BCUT2D eigenvalue weighted by Gasteiger charge is -2.39. The van der Waals surface area contributed by atoms with Crippen molar-refractivity contribution in [3.63, 3.8) is 0 Å². The molecule has 0 saturated carbocycles. The average Bonchev–Trinajstić information content (AvgIpc) is 2.33. The Morgan fingerprint density at radius 1 is 1.23 bits per heavy atom. The molecule has 0 atom stereocenters. The third kappa shape index (κ3) is 5.70. The normalized spacial score (nSPS) is 18.8. The van der Waals surface area contributed by atoms with E-state index in [9.17, 15) is 22.8 Å². The van der Waals surface area contributed by atoms with Crippen molar-refractivity contribution in [2.75, 3.05) is 19.6 Å². The molecule has 128 valence electrons. The molecule has 0 aliphatic carbocycles. The average molecular weight is 325 g/mol. The Hall–Kier alpha value is -1.51. The van der Waals surface area contributed by atoms with Gasteiger partial charge in [0.15, 0.2) is 0 Å². The molecule has 0 aromatic heterocycles. The summed E-state index contributed by atoms with van der Waals surface area (Å²) in [5.41, 5.74) is 4.40. The molecule has 0 aromatic rings. The van der Waals surface area contributed by atoms with Gasteiger partial charge >= 0.3 is 18.2 Å². The van der Waals surface area contributed by atoms with Crippen LogP contribution in [0.3, 0.4) is 0 Å². The van der Waals surface area contributed by atoms with E-state index in [2.05, 4.69) is 0 Å². The largest absolute Gasteiger partial charge is 0.471 e. The van der Waals surface area contributed by atoms with E-state index in [1.165, 1.54) is 4.90 Å². The second-order valence-corrected chi connectivity index (χ2v) is 6.51. The highest BCUT2D eigenvalue weighted by molar-refractivity contribution is 5.81. The van der Waals surface area contributed by atoms with Gasteiger partial charge in [-0.05, 0) is 33.6 Å². The van der Waals surface area contributed by atoms with Crippen LogP contribution in [0, 0.1) is 0 Å². The van der Waals surface area contributed by atoms with E-state index in [-0.39, 0.29) is 32.5 Å². The van der Waals surface area contributed by atoms with Gasteiger partial charge in [0.05, 0.1) is 0 Å². The van der Waals surface area contributed by atoms with Gasteiger partial charge < -0.3 is 20.7 Å². The summed E-state index contributed by atoms with van der Waals surface area (Å²) in [7, 11) is 0. The fourth-order valence-electron chi connectivity index (χ4n) is 1.99.